The van der Waals surface area contributed by atoms with Crippen LogP contribution >= 0.6 is 11.3 Å². The fourth-order valence-electron chi connectivity index (χ4n) is 1.71. The number of hydrogen-bond acceptors (Lipinski definition) is 5. The summed E-state index contributed by atoms with van der Waals surface area (Å²) in [6.45, 7) is 2.84. The van der Waals surface area contributed by atoms with Gasteiger partial charge in [0.1, 0.15) is 6.04 Å². The summed E-state index contributed by atoms with van der Waals surface area (Å²) in [6.07, 6.45) is 0. The van der Waals surface area contributed by atoms with E-state index >= 15 is 0 Å². The molecule has 0 spiro atoms. The highest BCUT2D eigenvalue weighted by atomic mass is 32.1. The first-order valence-electron chi connectivity index (χ1n) is 7.08. The van der Waals surface area contributed by atoms with Gasteiger partial charge in [0.15, 0.2) is 0 Å². The van der Waals surface area contributed by atoms with E-state index in [1.807, 2.05) is 0 Å². The number of amides is 3. The molecule has 1 aromatic rings. The predicted octanol–water partition coefficient (Wildman–Crippen LogP) is 0.335. The summed E-state index contributed by atoms with van der Waals surface area (Å²) >= 11 is 1.41. The van der Waals surface area contributed by atoms with Crippen molar-refractivity contribution in [2.24, 2.45) is 5.92 Å². The molecule has 2 N–H and O–H groups in total. The summed E-state index contributed by atoms with van der Waals surface area (Å²) in [4.78, 5) is 48.5. The van der Waals surface area contributed by atoms with E-state index in [0.717, 1.165) is 0 Å². The summed E-state index contributed by atoms with van der Waals surface area (Å²) in [5.41, 5.74) is 0.673. The topological polar surface area (TPSA) is 95.6 Å². The third kappa shape index (κ3) is 5.48. The number of carbonyl (C=O) groups excluding carboxylic acids is 4. The highest BCUT2D eigenvalue weighted by molar-refractivity contribution is 7.08. The van der Waals surface area contributed by atoms with Gasteiger partial charge in [-0.1, -0.05) is 13.8 Å². The number of Topliss-reactive ketones (excluding diaryl/α,β-unsaturated/α-hetero) is 1. The second-order valence-corrected chi connectivity index (χ2v) is 6.27. The van der Waals surface area contributed by atoms with Crippen LogP contribution in [0.1, 0.15) is 25.5 Å². The van der Waals surface area contributed by atoms with Crippen molar-refractivity contribution in [1.29, 1.82) is 0 Å². The Labute approximate surface area is 139 Å². The fraction of sp³-hybridized carbons (Fsp3) is 0.467. The van der Waals surface area contributed by atoms with Crippen molar-refractivity contribution >= 4 is 34.8 Å². The van der Waals surface area contributed by atoms with Crippen LogP contribution < -0.4 is 10.6 Å². The SMILES string of the molecule is CC(C)C(=O)C(=O)NCC(=O)NC(C(=O)N(C)C)c1ccsc1. The molecule has 7 nitrogen and oxygen atoms in total. The minimum atomic E-state index is -0.818. The highest BCUT2D eigenvalue weighted by Crippen LogP contribution is 2.18. The van der Waals surface area contributed by atoms with Crippen molar-refractivity contribution in [3.63, 3.8) is 0 Å². The smallest absolute Gasteiger partial charge is 0.288 e. The normalized spacial score (nSPS) is 11.7. The van der Waals surface area contributed by atoms with Gasteiger partial charge in [-0.15, -0.1) is 0 Å². The zero-order valence-corrected chi connectivity index (χ0v) is 14.4. The number of nitrogens with one attached hydrogen (secondary N) is 2. The minimum Gasteiger partial charge on any atom is -0.347 e. The Morgan fingerprint density at radius 2 is 1.87 bits per heavy atom. The van der Waals surface area contributed by atoms with Crippen LogP contribution in [0.3, 0.4) is 0 Å². The number of likely N-dealkylation sites (N-methyl/N-ethyl adjacent to an activating group) is 1. The molecule has 0 saturated carbocycles. The summed E-state index contributed by atoms with van der Waals surface area (Å²) < 4.78 is 0. The van der Waals surface area contributed by atoms with Gasteiger partial charge < -0.3 is 15.5 Å². The first kappa shape index (κ1) is 18.8. The molecule has 1 rings (SSSR count). The van der Waals surface area contributed by atoms with E-state index < -0.39 is 29.6 Å². The Kier molecular flexibility index (Phi) is 6.89. The molecule has 0 aliphatic heterocycles. The van der Waals surface area contributed by atoms with Crippen molar-refractivity contribution in [3.05, 3.63) is 22.4 Å². The molecule has 23 heavy (non-hydrogen) atoms. The van der Waals surface area contributed by atoms with Gasteiger partial charge in [0.05, 0.1) is 6.54 Å². The Bertz CT molecular complexity index is 582. The number of hydrogen-bond donors (Lipinski definition) is 2. The third-order valence-electron chi connectivity index (χ3n) is 3.03. The summed E-state index contributed by atoms with van der Waals surface area (Å²) in [5, 5.41) is 8.41. The van der Waals surface area contributed by atoms with Crippen LogP contribution in [0.15, 0.2) is 16.8 Å². The molecule has 0 aliphatic carbocycles. The third-order valence-corrected chi connectivity index (χ3v) is 3.73. The second kappa shape index (κ2) is 8.42. The number of rotatable bonds is 7. The van der Waals surface area contributed by atoms with Gasteiger partial charge >= 0.3 is 0 Å². The number of nitrogens with zero attached hydrogens (tertiary/aromatic N) is 1. The van der Waals surface area contributed by atoms with Gasteiger partial charge in [0.2, 0.25) is 17.6 Å². The standard InChI is InChI=1S/C15H21N3O4S/c1-9(2)13(20)14(21)16-7-11(19)17-12(15(22)18(3)4)10-5-6-23-8-10/h5-6,8-9,12H,7H2,1-4H3,(H,16,21)(H,17,19). The molecule has 126 valence electrons. The number of carbonyl (C=O) groups is 4. The monoisotopic (exact) mass is 339 g/mol. The van der Waals surface area contributed by atoms with Crippen molar-refractivity contribution < 1.29 is 19.2 Å². The quantitative estimate of drug-likeness (QED) is 0.700. The van der Waals surface area contributed by atoms with Gasteiger partial charge in [-0.2, -0.15) is 11.3 Å². The van der Waals surface area contributed by atoms with E-state index in [-0.39, 0.29) is 12.5 Å². The zero-order chi connectivity index (χ0) is 17.6. The van der Waals surface area contributed by atoms with Crippen LogP contribution in [0.5, 0.6) is 0 Å². The maximum absolute atomic E-state index is 12.2. The maximum Gasteiger partial charge on any atom is 0.288 e. The van der Waals surface area contributed by atoms with Crippen LogP contribution in [0, 0.1) is 5.92 Å². The van der Waals surface area contributed by atoms with Gasteiger partial charge in [-0.3, -0.25) is 19.2 Å². The summed E-state index contributed by atoms with van der Waals surface area (Å²) in [7, 11) is 3.19. The minimum absolute atomic E-state index is 0.277. The van der Waals surface area contributed by atoms with Gasteiger partial charge in [0, 0.05) is 20.0 Å². The van der Waals surface area contributed by atoms with Crippen LogP contribution in [0.2, 0.25) is 0 Å². The molecule has 0 fully saturated rings. The Morgan fingerprint density at radius 1 is 1.22 bits per heavy atom. The average Bonchev–Trinajstić information content (AvgIpc) is 3.02. The van der Waals surface area contributed by atoms with Crippen molar-refractivity contribution in [1.82, 2.24) is 15.5 Å². The molecular formula is C15H21N3O4S. The zero-order valence-electron chi connectivity index (χ0n) is 13.6. The van der Waals surface area contributed by atoms with Crippen LogP contribution in [-0.4, -0.2) is 49.0 Å². The van der Waals surface area contributed by atoms with E-state index in [1.54, 1.807) is 44.8 Å². The van der Waals surface area contributed by atoms with Crippen LogP contribution in [0.25, 0.3) is 0 Å². The Morgan fingerprint density at radius 3 is 2.35 bits per heavy atom. The van der Waals surface area contributed by atoms with Crippen molar-refractivity contribution in [2.45, 2.75) is 19.9 Å². The average molecular weight is 339 g/mol. The molecule has 0 aliphatic rings. The molecule has 0 aromatic carbocycles. The Hall–Kier alpha value is -2.22. The lowest BCUT2D eigenvalue weighted by atomic mass is 10.1. The van der Waals surface area contributed by atoms with Crippen molar-refractivity contribution in [2.75, 3.05) is 20.6 Å². The number of ketones is 1. The van der Waals surface area contributed by atoms with Gasteiger partial charge in [-0.25, -0.2) is 0 Å². The van der Waals surface area contributed by atoms with Crippen LogP contribution in [-0.2, 0) is 19.2 Å². The molecule has 1 heterocycles. The lowest BCUT2D eigenvalue weighted by Crippen LogP contribution is -2.45. The molecule has 3 amide bonds. The van der Waals surface area contributed by atoms with E-state index in [9.17, 15) is 19.2 Å². The molecular weight excluding hydrogens is 318 g/mol. The molecule has 0 bridgehead atoms. The Balaban J connectivity index is 2.66. The first-order valence-corrected chi connectivity index (χ1v) is 8.03. The predicted molar refractivity (Wildman–Crippen MR) is 86.8 cm³/mol. The molecule has 0 saturated heterocycles. The summed E-state index contributed by atoms with van der Waals surface area (Å²) in [5.74, 6) is -2.65. The molecule has 1 unspecified atom stereocenters. The molecule has 0 radical (unpaired) electrons. The van der Waals surface area contributed by atoms with E-state index in [4.69, 9.17) is 0 Å². The molecule has 1 aromatic heterocycles. The largest absolute Gasteiger partial charge is 0.347 e. The lowest BCUT2D eigenvalue weighted by Gasteiger charge is -2.21. The lowest BCUT2D eigenvalue weighted by molar-refractivity contribution is -0.140. The fourth-order valence-corrected chi connectivity index (χ4v) is 2.39. The van der Waals surface area contributed by atoms with Crippen LogP contribution in [0.4, 0.5) is 0 Å². The molecule has 1 atom stereocenters. The summed E-state index contributed by atoms with van der Waals surface area (Å²) in [6, 6.07) is 0.930. The molecule has 8 heteroatoms. The highest BCUT2D eigenvalue weighted by Gasteiger charge is 2.25. The number of thiophene rings is 1. The van der Waals surface area contributed by atoms with Gasteiger partial charge in [0.25, 0.3) is 5.91 Å². The van der Waals surface area contributed by atoms with Gasteiger partial charge in [-0.05, 0) is 22.4 Å². The van der Waals surface area contributed by atoms with E-state index in [2.05, 4.69) is 10.6 Å². The van der Waals surface area contributed by atoms with Crippen molar-refractivity contribution in [3.8, 4) is 0 Å². The first-order chi connectivity index (χ1) is 10.7. The van der Waals surface area contributed by atoms with E-state index in [0.29, 0.717) is 5.56 Å². The second-order valence-electron chi connectivity index (χ2n) is 5.49. The maximum atomic E-state index is 12.2. The van der Waals surface area contributed by atoms with E-state index in [1.165, 1.54) is 16.2 Å².